The summed E-state index contributed by atoms with van der Waals surface area (Å²) in [5.41, 5.74) is -1.14. The van der Waals surface area contributed by atoms with Crippen molar-refractivity contribution in [3.63, 3.8) is 0 Å². The van der Waals surface area contributed by atoms with E-state index in [4.69, 9.17) is 0 Å². The van der Waals surface area contributed by atoms with Crippen molar-refractivity contribution in [2.75, 3.05) is 0 Å². The molecule has 0 saturated carbocycles. The van der Waals surface area contributed by atoms with Gasteiger partial charge in [-0.1, -0.05) is 20.8 Å². The van der Waals surface area contributed by atoms with E-state index in [0.717, 1.165) is 0 Å². The first-order valence-electron chi connectivity index (χ1n) is 4.69. The molecular formula is C9H16F4O. The summed E-state index contributed by atoms with van der Waals surface area (Å²) in [7, 11) is 0. The summed E-state index contributed by atoms with van der Waals surface area (Å²) in [6, 6.07) is 0. The number of ether oxygens (including phenoxy) is 1. The van der Waals surface area contributed by atoms with Gasteiger partial charge in [-0.3, -0.25) is 0 Å². The van der Waals surface area contributed by atoms with Gasteiger partial charge in [0.25, 0.3) is 0 Å². The highest BCUT2D eigenvalue weighted by Gasteiger charge is 2.47. The highest BCUT2D eigenvalue weighted by atomic mass is 19.3. The lowest BCUT2D eigenvalue weighted by molar-refractivity contribution is -0.345. The van der Waals surface area contributed by atoms with Gasteiger partial charge >= 0.3 is 12.5 Å². The molecule has 0 saturated heterocycles. The molecule has 0 heterocycles. The zero-order valence-corrected chi connectivity index (χ0v) is 8.62. The summed E-state index contributed by atoms with van der Waals surface area (Å²) in [5.74, 6) is 0. The maximum atomic E-state index is 12.6. The van der Waals surface area contributed by atoms with E-state index >= 15 is 0 Å². The summed E-state index contributed by atoms with van der Waals surface area (Å²) in [6.45, 7) is 4.94. The molecule has 0 radical (unpaired) electrons. The number of hydrogen-bond acceptors (Lipinski definition) is 1. The second-order valence-corrected chi connectivity index (χ2v) is 3.21. The van der Waals surface area contributed by atoms with Crippen LogP contribution in [-0.2, 0) is 4.74 Å². The smallest absolute Gasteiger partial charge is 0.309 e. The molecule has 14 heavy (non-hydrogen) atoms. The van der Waals surface area contributed by atoms with Gasteiger partial charge in [-0.05, 0) is 19.3 Å². The summed E-state index contributed by atoms with van der Waals surface area (Å²) >= 11 is 0. The fourth-order valence-corrected chi connectivity index (χ4v) is 1.30. The van der Waals surface area contributed by atoms with Crippen LogP contribution in [0, 0.1) is 0 Å². The third-order valence-corrected chi connectivity index (χ3v) is 2.54. The normalized spacial score (nSPS) is 13.7. The highest BCUT2D eigenvalue weighted by molar-refractivity contribution is 4.78. The Kier molecular flexibility index (Phi) is 4.84. The van der Waals surface area contributed by atoms with Gasteiger partial charge in [-0.2, -0.15) is 8.78 Å². The first-order valence-corrected chi connectivity index (χ1v) is 4.69. The Hall–Kier alpha value is -0.320. The van der Waals surface area contributed by atoms with Gasteiger partial charge in [0.15, 0.2) is 0 Å². The molecule has 0 aromatic carbocycles. The van der Waals surface area contributed by atoms with E-state index in [9.17, 15) is 17.6 Å². The van der Waals surface area contributed by atoms with Crippen LogP contribution in [0.4, 0.5) is 17.6 Å². The summed E-state index contributed by atoms with van der Waals surface area (Å²) in [6.07, 6.45) is -7.24. The molecule has 0 amide bonds. The van der Waals surface area contributed by atoms with Crippen LogP contribution in [0.3, 0.4) is 0 Å². The second-order valence-electron chi connectivity index (χ2n) is 3.21. The van der Waals surface area contributed by atoms with Crippen LogP contribution < -0.4 is 0 Å². The molecule has 0 rings (SSSR count). The molecule has 5 heteroatoms. The summed E-state index contributed by atoms with van der Waals surface area (Å²) in [5, 5.41) is 0. The molecule has 0 fully saturated rings. The Labute approximate surface area is 81.4 Å². The van der Waals surface area contributed by atoms with E-state index in [0.29, 0.717) is 19.3 Å². The average molecular weight is 216 g/mol. The molecule has 0 aliphatic rings. The van der Waals surface area contributed by atoms with Crippen molar-refractivity contribution in [3.8, 4) is 0 Å². The van der Waals surface area contributed by atoms with Crippen molar-refractivity contribution in [2.45, 2.75) is 58.2 Å². The predicted octanol–water partition coefficient (Wildman–Crippen LogP) is 3.83. The Morgan fingerprint density at radius 3 is 1.57 bits per heavy atom. The molecule has 86 valence electrons. The lowest BCUT2D eigenvalue weighted by Gasteiger charge is -2.34. The summed E-state index contributed by atoms with van der Waals surface area (Å²) in [4.78, 5) is 0. The fourth-order valence-electron chi connectivity index (χ4n) is 1.30. The standard InChI is InChI=1S/C9H16F4O/c1-4-8(5-2,6-3)14-9(12,13)7(10)11/h7H,4-6H2,1-3H3. The number of hydrogen-bond donors (Lipinski definition) is 0. The van der Waals surface area contributed by atoms with Gasteiger partial charge in [-0.25, -0.2) is 8.78 Å². The lowest BCUT2D eigenvalue weighted by atomic mass is 9.94. The van der Waals surface area contributed by atoms with Crippen molar-refractivity contribution >= 4 is 0 Å². The zero-order valence-electron chi connectivity index (χ0n) is 8.62. The third kappa shape index (κ3) is 3.12. The van der Waals surface area contributed by atoms with Crippen molar-refractivity contribution in [1.82, 2.24) is 0 Å². The predicted molar refractivity (Wildman–Crippen MR) is 45.6 cm³/mol. The molecule has 0 aromatic rings. The maximum absolute atomic E-state index is 12.6. The monoisotopic (exact) mass is 216 g/mol. The summed E-state index contributed by atoms with van der Waals surface area (Å²) < 4.78 is 53.3. The molecule has 0 unspecified atom stereocenters. The molecule has 0 aliphatic heterocycles. The largest absolute Gasteiger partial charge is 0.417 e. The third-order valence-electron chi connectivity index (χ3n) is 2.54. The van der Waals surface area contributed by atoms with Crippen LogP contribution in [0.2, 0.25) is 0 Å². The maximum Gasteiger partial charge on any atom is 0.417 e. The van der Waals surface area contributed by atoms with Gasteiger partial charge < -0.3 is 4.74 Å². The van der Waals surface area contributed by atoms with E-state index in [1.807, 2.05) is 0 Å². The van der Waals surface area contributed by atoms with E-state index in [1.165, 1.54) is 0 Å². The quantitative estimate of drug-likeness (QED) is 0.613. The minimum atomic E-state index is -4.35. The Bertz CT molecular complexity index is 158. The molecule has 0 N–H and O–H groups in total. The molecule has 0 aromatic heterocycles. The Morgan fingerprint density at radius 2 is 1.36 bits per heavy atom. The van der Waals surface area contributed by atoms with Crippen LogP contribution in [0.5, 0.6) is 0 Å². The minimum Gasteiger partial charge on any atom is -0.309 e. The molecule has 0 bridgehead atoms. The van der Waals surface area contributed by atoms with Gasteiger partial charge in [0, 0.05) is 0 Å². The van der Waals surface area contributed by atoms with E-state index in [-0.39, 0.29) is 0 Å². The zero-order chi connectivity index (χ0) is 11.4. The molecule has 0 spiro atoms. The molecule has 0 aliphatic carbocycles. The SMILES string of the molecule is CCC(CC)(CC)OC(F)(F)C(F)F. The number of alkyl halides is 4. The number of rotatable bonds is 6. The Morgan fingerprint density at radius 1 is 1.00 bits per heavy atom. The van der Waals surface area contributed by atoms with Gasteiger partial charge in [0.2, 0.25) is 0 Å². The van der Waals surface area contributed by atoms with E-state index < -0.39 is 18.1 Å². The highest BCUT2D eigenvalue weighted by Crippen LogP contribution is 2.35. The minimum absolute atomic E-state index is 0.294. The van der Waals surface area contributed by atoms with Gasteiger partial charge in [0.05, 0.1) is 5.60 Å². The average Bonchev–Trinajstić information content (AvgIpc) is 2.14. The van der Waals surface area contributed by atoms with Crippen molar-refractivity contribution < 1.29 is 22.3 Å². The van der Waals surface area contributed by atoms with E-state index in [1.54, 1.807) is 20.8 Å². The fraction of sp³-hybridized carbons (Fsp3) is 1.00. The van der Waals surface area contributed by atoms with Crippen molar-refractivity contribution in [2.24, 2.45) is 0 Å². The van der Waals surface area contributed by atoms with Crippen LogP contribution in [0.1, 0.15) is 40.0 Å². The van der Waals surface area contributed by atoms with Crippen LogP contribution in [-0.4, -0.2) is 18.1 Å². The first kappa shape index (κ1) is 13.7. The topological polar surface area (TPSA) is 9.23 Å². The lowest BCUT2D eigenvalue weighted by Crippen LogP contribution is -2.42. The van der Waals surface area contributed by atoms with Crippen molar-refractivity contribution in [3.05, 3.63) is 0 Å². The number of halogens is 4. The van der Waals surface area contributed by atoms with Gasteiger partial charge in [-0.15, -0.1) is 0 Å². The second kappa shape index (κ2) is 4.96. The van der Waals surface area contributed by atoms with Crippen molar-refractivity contribution in [1.29, 1.82) is 0 Å². The first-order chi connectivity index (χ1) is 6.33. The molecular weight excluding hydrogens is 200 g/mol. The van der Waals surface area contributed by atoms with Crippen LogP contribution in [0.25, 0.3) is 0 Å². The molecule has 0 atom stereocenters. The molecule has 1 nitrogen and oxygen atoms in total. The van der Waals surface area contributed by atoms with Gasteiger partial charge in [0.1, 0.15) is 0 Å². The van der Waals surface area contributed by atoms with Crippen LogP contribution in [0.15, 0.2) is 0 Å². The van der Waals surface area contributed by atoms with Crippen LogP contribution >= 0.6 is 0 Å². The Balaban J connectivity index is 4.58. The van der Waals surface area contributed by atoms with E-state index in [2.05, 4.69) is 4.74 Å².